The average molecular weight is 230 g/mol. The highest BCUT2D eigenvalue weighted by Gasteiger charge is 2.35. The lowest BCUT2D eigenvalue weighted by Gasteiger charge is -2.45. The number of rotatable bonds is 2. The van der Waals surface area contributed by atoms with E-state index in [4.69, 9.17) is 5.73 Å². The van der Waals surface area contributed by atoms with E-state index in [2.05, 4.69) is 36.1 Å². The molecule has 1 fully saturated rings. The number of hydrogen-bond donors (Lipinski definition) is 1. The van der Waals surface area contributed by atoms with Crippen molar-refractivity contribution in [3.8, 4) is 0 Å². The van der Waals surface area contributed by atoms with Crippen LogP contribution in [0.4, 0.5) is 5.69 Å². The third kappa shape index (κ3) is 2.06. The maximum absolute atomic E-state index is 6.18. The summed E-state index contributed by atoms with van der Waals surface area (Å²) in [5.74, 6) is 0. The second kappa shape index (κ2) is 4.02. The van der Waals surface area contributed by atoms with Gasteiger partial charge in [0, 0.05) is 24.8 Å². The smallest absolute Gasteiger partial charge is 0.0400 e. The molecule has 2 aliphatic rings. The maximum Gasteiger partial charge on any atom is 0.0400 e. The van der Waals surface area contributed by atoms with Crippen LogP contribution in [0.1, 0.15) is 31.7 Å². The molecule has 0 aromatic heterocycles. The van der Waals surface area contributed by atoms with Gasteiger partial charge in [0.2, 0.25) is 0 Å². The number of hydrogen-bond acceptors (Lipinski definition) is 2. The molecule has 2 heteroatoms. The number of anilines is 1. The summed E-state index contributed by atoms with van der Waals surface area (Å²) in [7, 11) is 0. The van der Waals surface area contributed by atoms with Crippen LogP contribution in [0, 0.1) is 5.41 Å². The Kier molecular flexibility index (Phi) is 2.62. The lowest BCUT2D eigenvalue weighted by atomic mass is 9.70. The second-order valence-electron chi connectivity index (χ2n) is 6.14. The summed E-state index contributed by atoms with van der Waals surface area (Å²) in [6.45, 7) is 4.61. The summed E-state index contributed by atoms with van der Waals surface area (Å²) in [5.41, 5.74) is 9.55. The number of benzene rings is 1. The zero-order chi connectivity index (χ0) is 11.9. The first-order valence-corrected chi connectivity index (χ1v) is 6.75. The van der Waals surface area contributed by atoms with Crippen molar-refractivity contribution in [2.24, 2.45) is 11.1 Å². The van der Waals surface area contributed by atoms with Gasteiger partial charge < -0.3 is 10.6 Å². The molecule has 1 aliphatic carbocycles. The van der Waals surface area contributed by atoms with Gasteiger partial charge in [-0.05, 0) is 36.3 Å². The van der Waals surface area contributed by atoms with Crippen LogP contribution >= 0.6 is 0 Å². The Morgan fingerprint density at radius 3 is 2.82 bits per heavy atom. The molecule has 1 heterocycles. The van der Waals surface area contributed by atoms with Crippen molar-refractivity contribution < 1.29 is 0 Å². The molecule has 1 saturated carbocycles. The van der Waals surface area contributed by atoms with E-state index in [9.17, 15) is 0 Å². The predicted octanol–water partition coefficient (Wildman–Crippen LogP) is 2.57. The van der Waals surface area contributed by atoms with Gasteiger partial charge >= 0.3 is 0 Å². The second-order valence-corrected chi connectivity index (χ2v) is 6.14. The summed E-state index contributed by atoms with van der Waals surface area (Å²) >= 11 is 0. The van der Waals surface area contributed by atoms with E-state index in [1.165, 1.54) is 37.1 Å². The van der Waals surface area contributed by atoms with Crippen LogP contribution in [0.15, 0.2) is 24.3 Å². The topological polar surface area (TPSA) is 29.3 Å². The number of para-hydroxylation sites is 1. The lowest BCUT2D eigenvalue weighted by Crippen LogP contribution is -2.48. The third-order valence-corrected chi connectivity index (χ3v) is 4.40. The summed E-state index contributed by atoms with van der Waals surface area (Å²) in [5, 5.41) is 0. The minimum absolute atomic E-state index is 0.300. The largest absolute Gasteiger partial charge is 0.369 e. The van der Waals surface area contributed by atoms with Gasteiger partial charge in [-0.1, -0.05) is 31.5 Å². The van der Waals surface area contributed by atoms with Crippen LogP contribution in [0.5, 0.6) is 0 Å². The van der Waals surface area contributed by atoms with Crippen LogP contribution in [-0.4, -0.2) is 19.1 Å². The number of nitrogens with zero attached hydrogens (tertiary/aromatic N) is 1. The molecular formula is C15H22N2. The van der Waals surface area contributed by atoms with Crippen molar-refractivity contribution in [3.63, 3.8) is 0 Å². The normalized spacial score (nSPS) is 26.2. The van der Waals surface area contributed by atoms with Crippen LogP contribution in [0.2, 0.25) is 0 Å². The summed E-state index contributed by atoms with van der Waals surface area (Å²) in [6.07, 6.45) is 5.18. The Bertz CT molecular complexity index is 409. The minimum atomic E-state index is 0.300. The molecule has 92 valence electrons. The standard InChI is InChI=1S/C15H22N2/c1-15(7-4-8-15)11-17-10-13(16)9-12-5-2-3-6-14(12)17/h2-3,5-6,13H,4,7-11,16H2,1H3. The van der Waals surface area contributed by atoms with E-state index in [1.807, 2.05) is 0 Å². The zero-order valence-electron chi connectivity index (χ0n) is 10.7. The van der Waals surface area contributed by atoms with E-state index < -0.39 is 0 Å². The molecule has 17 heavy (non-hydrogen) atoms. The van der Waals surface area contributed by atoms with Gasteiger partial charge in [-0.15, -0.1) is 0 Å². The van der Waals surface area contributed by atoms with Crippen LogP contribution in [0.25, 0.3) is 0 Å². The molecule has 2 nitrogen and oxygen atoms in total. The molecular weight excluding hydrogens is 208 g/mol. The Hall–Kier alpha value is -1.02. The van der Waals surface area contributed by atoms with E-state index in [0.29, 0.717) is 11.5 Å². The molecule has 0 saturated heterocycles. The fraction of sp³-hybridized carbons (Fsp3) is 0.600. The van der Waals surface area contributed by atoms with Gasteiger partial charge in [-0.25, -0.2) is 0 Å². The molecule has 1 aromatic rings. The highest BCUT2D eigenvalue weighted by molar-refractivity contribution is 5.56. The molecule has 2 N–H and O–H groups in total. The molecule has 1 atom stereocenters. The van der Waals surface area contributed by atoms with E-state index >= 15 is 0 Å². The summed E-state index contributed by atoms with van der Waals surface area (Å²) in [4.78, 5) is 2.52. The predicted molar refractivity (Wildman–Crippen MR) is 72.3 cm³/mol. The van der Waals surface area contributed by atoms with Crippen LogP contribution < -0.4 is 10.6 Å². The molecule has 0 spiro atoms. The van der Waals surface area contributed by atoms with Crippen molar-refractivity contribution in [3.05, 3.63) is 29.8 Å². The highest BCUT2D eigenvalue weighted by Crippen LogP contribution is 2.42. The van der Waals surface area contributed by atoms with Gasteiger partial charge in [0.15, 0.2) is 0 Å². The molecule has 1 aromatic carbocycles. The number of nitrogens with two attached hydrogens (primary N) is 1. The van der Waals surface area contributed by atoms with Gasteiger partial charge in [0.25, 0.3) is 0 Å². The van der Waals surface area contributed by atoms with E-state index in [1.54, 1.807) is 0 Å². The Morgan fingerprint density at radius 1 is 1.35 bits per heavy atom. The molecule has 1 aliphatic heterocycles. The Labute approximate surface area is 104 Å². The van der Waals surface area contributed by atoms with E-state index in [0.717, 1.165) is 13.0 Å². The minimum Gasteiger partial charge on any atom is -0.369 e. The molecule has 0 bridgehead atoms. The Balaban J connectivity index is 1.84. The fourth-order valence-electron chi connectivity index (χ4n) is 3.27. The van der Waals surface area contributed by atoms with Crippen molar-refractivity contribution in [2.75, 3.05) is 18.0 Å². The van der Waals surface area contributed by atoms with Crippen LogP contribution in [0.3, 0.4) is 0 Å². The monoisotopic (exact) mass is 230 g/mol. The summed E-state index contributed by atoms with van der Waals surface area (Å²) in [6, 6.07) is 9.05. The molecule has 0 amide bonds. The van der Waals surface area contributed by atoms with Gasteiger partial charge in [-0.2, -0.15) is 0 Å². The first-order valence-electron chi connectivity index (χ1n) is 6.75. The van der Waals surface area contributed by atoms with Crippen LogP contribution in [-0.2, 0) is 6.42 Å². The quantitative estimate of drug-likeness (QED) is 0.846. The van der Waals surface area contributed by atoms with Gasteiger partial charge in [-0.3, -0.25) is 0 Å². The third-order valence-electron chi connectivity index (χ3n) is 4.40. The SMILES string of the molecule is CC1(CN2CC(N)Cc3ccccc32)CCC1. The maximum atomic E-state index is 6.18. The van der Waals surface area contributed by atoms with Crippen molar-refractivity contribution >= 4 is 5.69 Å². The van der Waals surface area contributed by atoms with Gasteiger partial charge in [0.1, 0.15) is 0 Å². The van der Waals surface area contributed by atoms with Gasteiger partial charge in [0.05, 0.1) is 0 Å². The molecule has 3 rings (SSSR count). The zero-order valence-corrected chi connectivity index (χ0v) is 10.7. The fourth-order valence-corrected chi connectivity index (χ4v) is 3.27. The van der Waals surface area contributed by atoms with Crippen molar-refractivity contribution in [1.82, 2.24) is 0 Å². The first kappa shape index (κ1) is 11.1. The van der Waals surface area contributed by atoms with Crippen molar-refractivity contribution in [2.45, 2.75) is 38.6 Å². The van der Waals surface area contributed by atoms with E-state index in [-0.39, 0.29) is 0 Å². The van der Waals surface area contributed by atoms with Crippen molar-refractivity contribution in [1.29, 1.82) is 0 Å². The Morgan fingerprint density at radius 2 is 2.12 bits per heavy atom. The lowest BCUT2D eigenvalue weighted by molar-refractivity contribution is 0.167. The number of fused-ring (bicyclic) bond motifs is 1. The first-order chi connectivity index (χ1) is 8.16. The average Bonchev–Trinajstić information content (AvgIpc) is 2.26. The summed E-state index contributed by atoms with van der Waals surface area (Å²) < 4.78 is 0. The molecule has 0 radical (unpaired) electrons. The highest BCUT2D eigenvalue weighted by atomic mass is 15.2. The molecule has 1 unspecified atom stereocenters.